The number of rotatable bonds is 5. The molecule has 1 aromatic carbocycles. The Kier molecular flexibility index (Phi) is 4.28. The van der Waals surface area contributed by atoms with E-state index >= 15 is 0 Å². The molecule has 3 nitrogen and oxygen atoms in total. The van der Waals surface area contributed by atoms with E-state index in [0.29, 0.717) is 16.9 Å². The maximum atomic E-state index is 12.8. The van der Waals surface area contributed by atoms with Crippen molar-refractivity contribution in [2.75, 3.05) is 20.6 Å². The smallest absolute Gasteiger partial charge is 0.275 e. The van der Waals surface area contributed by atoms with Gasteiger partial charge in [0, 0.05) is 11.1 Å². The highest BCUT2D eigenvalue weighted by Crippen LogP contribution is 2.61. The lowest BCUT2D eigenvalue weighted by molar-refractivity contribution is -0.895. The number of amides is 1. The molecule has 3 heteroatoms. The first-order chi connectivity index (χ1) is 11.1. The van der Waals surface area contributed by atoms with Crippen LogP contribution in [-0.2, 0) is 11.3 Å². The number of nitrogens with one attached hydrogen (secondary N) is 1. The molecule has 2 bridgehead atoms. The van der Waals surface area contributed by atoms with Gasteiger partial charge < -0.3 is 9.80 Å². The predicted octanol–water partition coefficient (Wildman–Crippen LogP) is 3.59. The fourth-order valence-electron chi connectivity index (χ4n) is 5.23. The summed E-state index contributed by atoms with van der Waals surface area (Å²) in [6, 6.07) is 10.4. The molecule has 2 fully saturated rings. The van der Waals surface area contributed by atoms with Crippen LogP contribution in [0.4, 0.5) is 0 Å². The lowest BCUT2D eigenvalue weighted by atomic mass is 9.64. The second-order valence-corrected chi connectivity index (χ2v) is 9.42. The van der Waals surface area contributed by atoms with Crippen LogP contribution in [0.2, 0.25) is 0 Å². The van der Waals surface area contributed by atoms with Crippen LogP contribution in [0.5, 0.6) is 0 Å². The molecule has 1 unspecified atom stereocenters. The van der Waals surface area contributed by atoms with E-state index in [9.17, 15) is 4.79 Å². The Morgan fingerprint density at radius 2 is 1.75 bits per heavy atom. The monoisotopic (exact) mass is 329 g/mol. The van der Waals surface area contributed by atoms with E-state index in [1.54, 1.807) is 0 Å². The Bertz CT molecular complexity index is 608. The number of likely N-dealkylation sites (N-methyl/N-ethyl adjacent to an activating group) is 1. The highest BCUT2D eigenvalue weighted by atomic mass is 16.2. The number of nitrogens with zero attached hydrogens (tertiary/aromatic N) is 1. The van der Waals surface area contributed by atoms with Crippen LogP contribution in [0.1, 0.15) is 45.6 Å². The average Bonchev–Trinajstić information content (AvgIpc) is 3.02. The summed E-state index contributed by atoms with van der Waals surface area (Å²) in [6.45, 7) is 8.38. The fourth-order valence-corrected chi connectivity index (χ4v) is 5.23. The van der Waals surface area contributed by atoms with E-state index in [2.05, 4.69) is 64.4 Å². The Balaban J connectivity index is 1.65. The second-order valence-electron chi connectivity index (χ2n) is 9.42. The van der Waals surface area contributed by atoms with E-state index in [-0.39, 0.29) is 16.9 Å². The first kappa shape index (κ1) is 17.5. The number of benzene rings is 1. The first-order valence-corrected chi connectivity index (χ1v) is 9.31. The van der Waals surface area contributed by atoms with Crippen molar-refractivity contribution >= 4 is 5.91 Å². The third-order valence-corrected chi connectivity index (χ3v) is 7.03. The molecule has 1 N–H and O–H groups in total. The molecule has 0 spiro atoms. The molecule has 2 aliphatic rings. The minimum Gasteiger partial charge on any atom is -0.345 e. The van der Waals surface area contributed by atoms with Crippen LogP contribution >= 0.6 is 0 Å². The van der Waals surface area contributed by atoms with Crippen molar-refractivity contribution in [3.8, 4) is 0 Å². The van der Waals surface area contributed by atoms with Gasteiger partial charge in [-0.15, -0.1) is 0 Å². The fraction of sp³-hybridized carbons (Fsp3) is 0.667. The summed E-state index contributed by atoms with van der Waals surface area (Å²) in [6.07, 6.45) is 3.89. The van der Waals surface area contributed by atoms with Gasteiger partial charge in [0.2, 0.25) is 0 Å². The van der Waals surface area contributed by atoms with Crippen LogP contribution < -0.4 is 5.32 Å². The SMILES string of the molecule is CC1(C)[C@H]2CC[C@H](C2)C1(C)NC(=O)C[N+](C)(C)Cc1ccccc1. The summed E-state index contributed by atoms with van der Waals surface area (Å²) in [4.78, 5) is 12.8. The molecule has 132 valence electrons. The topological polar surface area (TPSA) is 29.1 Å². The summed E-state index contributed by atoms with van der Waals surface area (Å²) in [5.74, 6) is 1.60. The third-order valence-electron chi connectivity index (χ3n) is 7.03. The van der Waals surface area contributed by atoms with Gasteiger partial charge in [-0.05, 0) is 43.4 Å². The number of quaternary nitrogens is 1. The zero-order valence-corrected chi connectivity index (χ0v) is 15.9. The summed E-state index contributed by atoms with van der Waals surface area (Å²) < 4.78 is 0.681. The highest BCUT2D eigenvalue weighted by Gasteiger charge is 2.61. The molecule has 0 radical (unpaired) electrons. The van der Waals surface area contributed by atoms with Crippen molar-refractivity contribution in [3.63, 3.8) is 0 Å². The zero-order chi connectivity index (χ0) is 17.6. The van der Waals surface area contributed by atoms with Crippen LogP contribution in [0, 0.1) is 17.3 Å². The van der Waals surface area contributed by atoms with Gasteiger partial charge in [-0.1, -0.05) is 44.2 Å². The molecule has 0 aliphatic heterocycles. The highest BCUT2D eigenvalue weighted by molar-refractivity contribution is 5.78. The predicted molar refractivity (Wildman–Crippen MR) is 98.3 cm³/mol. The van der Waals surface area contributed by atoms with Crippen molar-refractivity contribution in [3.05, 3.63) is 35.9 Å². The summed E-state index contributed by atoms with van der Waals surface area (Å²) in [7, 11) is 4.28. The van der Waals surface area contributed by atoms with Gasteiger partial charge in [0.25, 0.3) is 5.91 Å². The molecule has 1 aromatic rings. The first-order valence-electron chi connectivity index (χ1n) is 9.31. The van der Waals surface area contributed by atoms with E-state index in [1.165, 1.54) is 24.8 Å². The minimum absolute atomic E-state index is 0.0558. The molecule has 0 saturated heterocycles. The van der Waals surface area contributed by atoms with Crippen LogP contribution in [0.3, 0.4) is 0 Å². The molecular weight excluding hydrogens is 296 g/mol. The van der Waals surface area contributed by atoms with E-state index < -0.39 is 0 Å². The largest absolute Gasteiger partial charge is 0.345 e. The maximum Gasteiger partial charge on any atom is 0.275 e. The molecule has 2 saturated carbocycles. The minimum atomic E-state index is -0.0558. The maximum absolute atomic E-state index is 12.8. The van der Waals surface area contributed by atoms with Crippen LogP contribution in [0.15, 0.2) is 30.3 Å². The molecule has 3 rings (SSSR count). The molecule has 0 aromatic heterocycles. The van der Waals surface area contributed by atoms with Crippen molar-refractivity contribution in [1.29, 1.82) is 0 Å². The Labute approximate surface area is 147 Å². The van der Waals surface area contributed by atoms with E-state index in [1.807, 2.05) is 6.07 Å². The van der Waals surface area contributed by atoms with Gasteiger partial charge in [-0.2, -0.15) is 0 Å². The van der Waals surface area contributed by atoms with Crippen molar-refractivity contribution in [1.82, 2.24) is 5.32 Å². The molecule has 0 heterocycles. The Morgan fingerprint density at radius 1 is 1.12 bits per heavy atom. The zero-order valence-electron chi connectivity index (χ0n) is 15.9. The molecule has 24 heavy (non-hydrogen) atoms. The quantitative estimate of drug-likeness (QED) is 0.822. The average molecular weight is 330 g/mol. The summed E-state index contributed by atoms with van der Waals surface area (Å²) in [5.41, 5.74) is 1.42. The van der Waals surface area contributed by atoms with Gasteiger partial charge in [-0.25, -0.2) is 0 Å². The standard InChI is InChI=1S/C21H32N2O/c1-20(2)17-11-12-18(13-17)21(20,3)22-19(24)15-23(4,5)14-16-9-7-6-8-10-16/h6-10,17-18H,11-15H2,1-5H3/p+1/t17-,18+,21?/m0/s1. The second kappa shape index (κ2) is 5.87. The van der Waals surface area contributed by atoms with Gasteiger partial charge >= 0.3 is 0 Å². The third kappa shape index (κ3) is 2.99. The lowest BCUT2D eigenvalue weighted by Crippen LogP contribution is -2.61. The van der Waals surface area contributed by atoms with E-state index in [0.717, 1.165) is 12.5 Å². The number of hydrogen-bond acceptors (Lipinski definition) is 1. The van der Waals surface area contributed by atoms with Crippen molar-refractivity contribution in [2.45, 2.75) is 52.1 Å². The van der Waals surface area contributed by atoms with Gasteiger partial charge in [0.1, 0.15) is 6.54 Å². The molecule has 2 aliphatic carbocycles. The van der Waals surface area contributed by atoms with Gasteiger partial charge in [0.15, 0.2) is 6.54 Å². The number of hydrogen-bond donors (Lipinski definition) is 1. The van der Waals surface area contributed by atoms with Gasteiger partial charge in [0.05, 0.1) is 14.1 Å². The number of fused-ring (bicyclic) bond motifs is 2. The van der Waals surface area contributed by atoms with Crippen molar-refractivity contribution < 1.29 is 9.28 Å². The van der Waals surface area contributed by atoms with E-state index in [4.69, 9.17) is 0 Å². The Hall–Kier alpha value is -1.35. The molecular formula is C21H33N2O+. The summed E-state index contributed by atoms with van der Waals surface area (Å²) >= 11 is 0. The lowest BCUT2D eigenvalue weighted by Gasteiger charge is -2.48. The summed E-state index contributed by atoms with van der Waals surface area (Å²) in [5, 5.41) is 3.46. The van der Waals surface area contributed by atoms with Crippen molar-refractivity contribution in [2.24, 2.45) is 17.3 Å². The molecule has 1 amide bonds. The number of carbonyl (C=O) groups excluding carboxylic acids is 1. The number of carbonyl (C=O) groups is 1. The van der Waals surface area contributed by atoms with Gasteiger partial charge in [-0.3, -0.25) is 4.79 Å². The Morgan fingerprint density at radius 3 is 2.33 bits per heavy atom. The molecule has 3 atom stereocenters. The van der Waals surface area contributed by atoms with Crippen LogP contribution in [-0.4, -0.2) is 36.6 Å². The normalized spacial score (nSPS) is 31.2. The van der Waals surface area contributed by atoms with Crippen LogP contribution in [0.25, 0.3) is 0 Å².